The van der Waals surface area contributed by atoms with Crippen molar-refractivity contribution in [2.24, 2.45) is 4.99 Å². The average molecular weight is 524 g/mol. The maximum Gasteiger partial charge on any atom is 0.243 e. The molecule has 2 aromatic rings. The molecule has 1 amide bonds. The van der Waals surface area contributed by atoms with E-state index in [2.05, 4.69) is 20.9 Å². The SMILES string of the molecule is CN=C(NCC(=O)Nc1ccc(F)c(F)c1F)Nc1ccc(OC)c(OC)c1.I. The number of rotatable bonds is 6. The molecule has 0 bridgehead atoms. The van der Waals surface area contributed by atoms with Crippen molar-refractivity contribution in [3.8, 4) is 11.5 Å². The molecule has 0 heterocycles. The summed E-state index contributed by atoms with van der Waals surface area (Å²) in [6.45, 7) is -0.300. The summed E-state index contributed by atoms with van der Waals surface area (Å²) in [6, 6.07) is 6.72. The first kappa shape index (κ1) is 24.3. The zero-order chi connectivity index (χ0) is 20.7. The van der Waals surface area contributed by atoms with E-state index >= 15 is 0 Å². The van der Waals surface area contributed by atoms with Crippen molar-refractivity contribution in [3.63, 3.8) is 0 Å². The van der Waals surface area contributed by atoms with Crippen molar-refractivity contribution in [2.45, 2.75) is 0 Å². The number of carbonyl (C=O) groups excluding carboxylic acids is 1. The fourth-order valence-electron chi connectivity index (χ4n) is 2.21. The number of anilines is 2. The lowest BCUT2D eigenvalue weighted by molar-refractivity contribution is -0.115. The Morgan fingerprint density at radius 1 is 1.00 bits per heavy atom. The van der Waals surface area contributed by atoms with E-state index in [0.29, 0.717) is 17.2 Å². The van der Waals surface area contributed by atoms with Gasteiger partial charge in [0.2, 0.25) is 5.91 Å². The number of benzene rings is 2. The predicted molar refractivity (Wildman–Crippen MR) is 115 cm³/mol. The molecular weight excluding hydrogens is 504 g/mol. The molecule has 2 rings (SSSR count). The highest BCUT2D eigenvalue weighted by molar-refractivity contribution is 14.0. The van der Waals surface area contributed by atoms with Crippen LogP contribution in [0.15, 0.2) is 35.3 Å². The number of guanidine groups is 1. The van der Waals surface area contributed by atoms with Gasteiger partial charge >= 0.3 is 0 Å². The first-order chi connectivity index (χ1) is 13.4. The molecule has 2 aromatic carbocycles. The Morgan fingerprint density at radius 3 is 2.31 bits per heavy atom. The van der Waals surface area contributed by atoms with Gasteiger partial charge < -0.3 is 25.4 Å². The maximum absolute atomic E-state index is 13.6. The Kier molecular flexibility index (Phi) is 9.51. The number of halogens is 4. The number of hydrogen-bond donors (Lipinski definition) is 3. The molecule has 0 saturated heterocycles. The maximum atomic E-state index is 13.6. The van der Waals surface area contributed by atoms with E-state index in [4.69, 9.17) is 9.47 Å². The van der Waals surface area contributed by atoms with Gasteiger partial charge in [0.25, 0.3) is 0 Å². The van der Waals surface area contributed by atoms with Gasteiger partial charge in [-0.1, -0.05) is 0 Å². The van der Waals surface area contributed by atoms with Gasteiger partial charge in [-0.15, -0.1) is 24.0 Å². The molecule has 0 aliphatic heterocycles. The van der Waals surface area contributed by atoms with Gasteiger partial charge in [0.1, 0.15) is 0 Å². The largest absolute Gasteiger partial charge is 0.493 e. The first-order valence-electron chi connectivity index (χ1n) is 8.02. The smallest absolute Gasteiger partial charge is 0.243 e. The minimum absolute atomic E-state index is 0. The number of nitrogens with zero attached hydrogens (tertiary/aromatic N) is 1. The summed E-state index contributed by atoms with van der Waals surface area (Å²) in [7, 11) is 4.50. The monoisotopic (exact) mass is 524 g/mol. The van der Waals surface area contributed by atoms with Crippen LogP contribution in [0.3, 0.4) is 0 Å². The van der Waals surface area contributed by atoms with E-state index in [-0.39, 0.29) is 36.5 Å². The predicted octanol–water partition coefficient (Wildman–Crippen LogP) is 3.37. The summed E-state index contributed by atoms with van der Waals surface area (Å²) < 4.78 is 50.1. The van der Waals surface area contributed by atoms with E-state index in [1.165, 1.54) is 21.3 Å². The third-order valence-electron chi connectivity index (χ3n) is 3.60. The van der Waals surface area contributed by atoms with Crippen LogP contribution in [0.4, 0.5) is 24.5 Å². The van der Waals surface area contributed by atoms with Gasteiger partial charge in [-0.2, -0.15) is 0 Å². The number of aliphatic imine (C=N–C) groups is 1. The van der Waals surface area contributed by atoms with Crippen LogP contribution in [0.5, 0.6) is 11.5 Å². The van der Waals surface area contributed by atoms with Gasteiger partial charge in [-0.05, 0) is 24.3 Å². The van der Waals surface area contributed by atoms with Crippen LogP contribution < -0.4 is 25.4 Å². The summed E-state index contributed by atoms with van der Waals surface area (Å²) in [5, 5.41) is 7.81. The minimum atomic E-state index is -1.66. The average Bonchev–Trinajstić information content (AvgIpc) is 2.71. The van der Waals surface area contributed by atoms with Gasteiger partial charge in [0.15, 0.2) is 34.9 Å². The molecule has 0 radical (unpaired) electrons. The number of carbonyl (C=O) groups is 1. The van der Waals surface area contributed by atoms with E-state index in [1.54, 1.807) is 18.2 Å². The van der Waals surface area contributed by atoms with E-state index in [0.717, 1.165) is 12.1 Å². The molecule has 0 unspecified atom stereocenters. The molecule has 0 aliphatic rings. The van der Waals surface area contributed by atoms with Crippen molar-refractivity contribution < 1.29 is 27.4 Å². The van der Waals surface area contributed by atoms with Crippen LogP contribution >= 0.6 is 24.0 Å². The fraction of sp³-hybridized carbons (Fsp3) is 0.222. The normalized spacial score (nSPS) is 10.6. The molecule has 0 fully saturated rings. The molecular formula is C18H20F3IN4O3. The molecule has 0 saturated carbocycles. The second kappa shape index (κ2) is 11.3. The molecule has 0 spiro atoms. The topological polar surface area (TPSA) is 84.0 Å². The van der Waals surface area contributed by atoms with Crippen LogP contribution in [0.1, 0.15) is 0 Å². The quantitative estimate of drug-likeness (QED) is 0.234. The van der Waals surface area contributed by atoms with Crippen LogP contribution in [0, 0.1) is 17.5 Å². The lowest BCUT2D eigenvalue weighted by Gasteiger charge is -2.14. The van der Waals surface area contributed by atoms with Crippen LogP contribution in [0.2, 0.25) is 0 Å². The number of nitrogens with one attached hydrogen (secondary N) is 3. The molecule has 11 heteroatoms. The second-order valence-corrected chi connectivity index (χ2v) is 5.39. The van der Waals surface area contributed by atoms with Crippen molar-refractivity contribution in [3.05, 3.63) is 47.8 Å². The molecule has 3 N–H and O–H groups in total. The lowest BCUT2D eigenvalue weighted by Crippen LogP contribution is -2.37. The zero-order valence-electron chi connectivity index (χ0n) is 15.8. The number of methoxy groups -OCH3 is 2. The summed E-state index contributed by atoms with van der Waals surface area (Å²) in [5.41, 5.74) is 0.145. The number of amides is 1. The Labute approximate surface area is 182 Å². The van der Waals surface area contributed by atoms with Crippen molar-refractivity contribution >= 4 is 47.2 Å². The molecule has 7 nitrogen and oxygen atoms in total. The first-order valence-corrected chi connectivity index (χ1v) is 8.02. The van der Waals surface area contributed by atoms with E-state index in [9.17, 15) is 18.0 Å². The van der Waals surface area contributed by atoms with Crippen molar-refractivity contribution in [1.82, 2.24) is 5.32 Å². The molecule has 0 atom stereocenters. The van der Waals surface area contributed by atoms with Crippen LogP contribution in [-0.2, 0) is 4.79 Å². The summed E-state index contributed by atoms with van der Waals surface area (Å²) in [4.78, 5) is 15.9. The Morgan fingerprint density at radius 2 is 1.69 bits per heavy atom. The Hall–Kier alpha value is -2.70. The molecule has 0 aromatic heterocycles. The van der Waals surface area contributed by atoms with Crippen LogP contribution in [-0.4, -0.2) is 39.7 Å². The van der Waals surface area contributed by atoms with Gasteiger partial charge in [-0.3, -0.25) is 9.79 Å². The molecule has 29 heavy (non-hydrogen) atoms. The Bertz CT molecular complexity index is 897. The summed E-state index contributed by atoms with van der Waals surface area (Å²) >= 11 is 0. The highest BCUT2D eigenvalue weighted by atomic mass is 127. The molecule has 158 valence electrons. The lowest BCUT2D eigenvalue weighted by atomic mass is 10.2. The van der Waals surface area contributed by atoms with Gasteiger partial charge in [0.05, 0.1) is 26.5 Å². The van der Waals surface area contributed by atoms with E-state index in [1.807, 2.05) is 0 Å². The van der Waals surface area contributed by atoms with Crippen molar-refractivity contribution in [1.29, 1.82) is 0 Å². The summed E-state index contributed by atoms with van der Waals surface area (Å²) in [6.07, 6.45) is 0. The van der Waals surface area contributed by atoms with Gasteiger partial charge in [0, 0.05) is 18.8 Å². The fourth-order valence-corrected chi connectivity index (χ4v) is 2.21. The minimum Gasteiger partial charge on any atom is -0.493 e. The number of ether oxygens (including phenoxy) is 2. The van der Waals surface area contributed by atoms with Crippen LogP contribution in [0.25, 0.3) is 0 Å². The third-order valence-corrected chi connectivity index (χ3v) is 3.60. The highest BCUT2D eigenvalue weighted by Crippen LogP contribution is 2.29. The second-order valence-electron chi connectivity index (χ2n) is 5.39. The van der Waals surface area contributed by atoms with Crippen molar-refractivity contribution in [2.75, 3.05) is 38.4 Å². The Balaban J connectivity index is 0.00000420. The zero-order valence-corrected chi connectivity index (χ0v) is 18.1. The highest BCUT2D eigenvalue weighted by Gasteiger charge is 2.15. The third kappa shape index (κ3) is 6.41. The summed E-state index contributed by atoms with van der Waals surface area (Å²) in [5.74, 6) is -3.86. The van der Waals surface area contributed by atoms with E-state index < -0.39 is 29.0 Å². The standard InChI is InChI=1S/C18H19F3N4O3.HI/c1-22-18(24-10-4-7-13(27-2)14(8-10)28-3)23-9-15(26)25-12-6-5-11(19)16(20)17(12)21;/h4-8H,9H2,1-3H3,(H,25,26)(H2,22,23,24);1H. The van der Waals surface area contributed by atoms with Gasteiger partial charge in [-0.25, -0.2) is 13.2 Å². The molecule has 0 aliphatic carbocycles. The number of hydrogen-bond acceptors (Lipinski definition) is 4.